The highest BCUT2D eigenvalue weighted by Gasteiger charge is 2.50. The van der Waals surface area contributed by atoms with Crippen LogP contribution in [0, 0.1) is 11.3 Å². The molecule has 172 valence electrons. The first-order chi connectivity index (χ1) is 14.7. The first-order valence-electron chi connectivity index (χ1n) is 11.4. The summed E-state index contributed by atoms with van der Waals surface area (Å²) in [5, 5.41) is 3.74. The Kier molecular flexibility index (Phi) is 6.32. The zero-order chi connectivity index (χ0) is 22.2. The first-order valence-corrected chi connectivity index (χ1v) is 11.4. The quantitative estimate of drug-likeness (QED) is 0.772. The van der Waals surface area contributed by atoms with Crippen LogP contribution in [0.15, 0.2) is 12.1 Å². The molecule has 8 heteroatoms. The summed E-state index contributed by atoms with van der Waals surface area (Å²) in [6, 6.07) is 3.27. The van der Waals surface area contributed by atoms with Gasteiger partial charge in [0, 0.05) is 31.8 Å². The van der Waals surface area contributed by atoms with Crippen LogP contribution in [0.25, 0.3) is 0 Å². The van der Waals surface area contributed by atoms with Crippen molar-refractivity contribution in [3.63, 3.8) is 0 Å². The predicted molar refractivity (Wildman–Crippen MR) is 110 cm³/mol. The van der Waals surface area contributed by atoms with Crippen LogP contribution >= 0.6 is 0 Å². The van der Waals surface area contributed by atoms with E-state index in [0.717, 1.165) is 56.9 Å². The largest absolute Gasteiger partial charge is 0.433 e. The van der Waals surface area contributed by atoms with Gasteiger partial charge in [-0.15, -0.1) is 0 Å². The molecule has 1 amide bonds. The summed E-state index contributed by atoms with van der Waals surface area (Å²) in [7, 11) is 0. The summed E-state index contributed by atoms with van der Waals surface area (Å²) in [4.78, 5) is 19.3. The van der Waals surface area contributed by atoms with Gasteiger partial charge in [-0.1, -0.05) is 19.9 Å². The first kappa shape index (κ1) is 22.5. The molecule has 5 nitrogen and oxygen atoms in total. The number of fused-ring (bicyclic) bond motifs is 1. The number of ether oxygens (including phenoxy) is 1. The summed E-state index contributed by atoms with van der Waals surface area (Å²) in [5.41, 5.74) is -0.174. The Morgan fingerprint density at radius 3 is 2.65 bits per heavy atom. The van der Waals surface area contributed by atoms with Crippen LogP contribution in [0.5, 0.6) is 0 Å². The molecule has 1 aliphatic carbocycles. The summed E-state index contributed by atoms with van der Waals surface area (Å²) < 4.78 is 44.8. The zero-order valence-corrected chi connectivity index (χ0v) is 18.3. The molecule has 1 saturated heterocycles. The summed E-state index contributed by atoms with van der Waals surface area (Å²) in [6.45, 7) is 6.42. The lowest BCUT2D eigenvalue weighted by atomic mass is 9.74. The number of alkyl halides is 3. The number of amides is 1. The Morgan fingerprint density at radius 2 is 1.97 bits per heavy atom. The van der Waals surface area contributed by atoms with E-state index < -0.39 is 17.3 Å². The Labute approximate surface area is 181 Å². The molecule has 2 atom stereocenters. The standard InChI is InChI=1S/C23H32F3N3O2/c1-15(2)22(9-5-18(13-22)27-17-7-11-31-12-8-17)21(30)29-10-6-16-3-4-20(23(24,25)26)28-19(16)14-29/h3-4,15,17-18,27H,5-14H2,1-2H3/t18-,22+/m1/s1. The number of aromatic nitrogens is 1. The number of halogens is 3. The molecule has 0 aromatic carbocycles. The number of pyridine rings is 1. The number of hydrogen-bond acceptors (Lipinski definition) is 4. The van der Waals surface area contributed by atoms with Crippen LogP contribution in [0.2, 0.25) is 0 Å². The van der Waals surface area contributed by atoms with Gasteiger partial charge in [0.25, 0.3) is 0 Å². The maximum atomic E-state index is 13.7. The maximum Gasteiger partial charge on any atom is 0.433 e. The maximum absolute atomic E-state index is 13.7. The Hall–Kier alpha value is -1.67. The molecule has 0 radical (unpaired) electrons. The van der Waals surface area contributed by atoms with Crippen molar-refractivity contribution in [3.8, 4) is 0 Å². The van der Waals surface area contributed by atoms with Crippen LogP contribution in [0.1, 0.15) is 62.9 Å². The predicted octanol–water partition coefficient (Wildman–Crippen LogP) is 3.95. The second-order valence-corrected chi connectivity index (χ2v) is 9.58. The van der Waals surface area contributed by atoms with Gasteiger partial charge in [-0.05, 0) is 56.1 Å². The lowest BCUT2D eigenvalue weighted by Crippen LogP contribution is -2.49. The molecule has 2 aliphatic heterocycles. The lowest BCUT2D eigenvalue weighted by Gasteiger charge is -2.39. The van der Waals surface area contributed by atoms with Crippen molar-refractivity contribution in [1.82, 2.24) is 15.2 Å². The van der Waals surface area contributed by atoms with Crippen LogP contribution in [0.4, 0.5) is 13.2 Å². The van der Waals surface area contributed by atoms with Crippen molar-refractivity contribution in [3.05, 3.63) is 29.1 Å². The topological polar surface area (TPSA) is 54.5 Å². The van der Waals surface area contributed by atoms with Crippen molar-refractivity contribution in [1.29, 1.82) is 0 Å². The highest BCUT2D eigenvalue weighted by Crippen LogP contribution is 2.46. The van der Waals surface area contributed by atoms with E-state index in [4.69, 9.17) is 4.74 Å². The average molecular weight is 440 g/mol. The molecule has 0 spiro atoms. The van der Waals surface area contributed by atoms with Gasteiger partial charge >= 0.3 is 6.18 Å². The number of carbonyl (C=O) groups excluding carboxylic acids is 1. The lowest BCUT2D eigenvalue weighted by molar-refractivity contribution is -0.146. The third-order valence-electron chi connectivity index (χ3n) is 7.41. The monoisotopic (exact) mass is 439 g/mol. The van der Waals surface area contributed by atoms with Crippen LogP contribution in [-0.2, 0) is 28.7 Å². The van der Waals surface area contributed by atoms with Crippen molar-refractivity contribution in [2.75, 3.05) is 19.8 Å². The number of hydrogen-bond donors (Lipinski definition) is 1. The van der Waals surface area contributed by atoms with Crippen LogP contribution in [0.3, 0.4) is 0 Å². The summed E-state index contributed by atoms with van der Waals surface area (Å²) >= 11 is 0. The number of carbonyl (C=O) groups is 1. The highest BCUT2D eigenvalue weighted by atomic mass is 19.4. The normalized spacial score (nSPS) is 27.5. The van der Waals surface area contributed by atoms with Gasteiger partial charge in [0.15, 0.2) is 0 Å². The van der Waals surface area contributed by atoms with E-state index >= 15 is 0 Å². The van der Waals surface area contributed by atoms with Gasteiger partial charge in [-0.25, -0.2) is 4.98 Å². The van der Waals surface area contributed by atoms with E-state index in [1.807, 2.05) is 0 Å². The van der Waals surface area contributed by atoms with Crippen LogP contribution < -0.4 is 5.32 Å². The highest BCUT2D eigenvalue weighted by molar-refractivity contribution is 5.83. The van der Waals surface area contributed by atoms with Gasteiger partial charge in [0.1, 0.15) is 5.69 Å². The van der Waals surface area contributed by atoms with E-state index in [-0.39, 0.29) is 18.4 Å². The van der Waals surface area contributed by atoms with Crippen molar-refractivity contribution in [2.24, 2.45) is 11.3 Å². The Morgan fingerprint density at radius 1 is 1.23 bits per heavy atom. The van der Waals surface area contributed by atoms with Crippen LogP contribution in [-0.4, -0.2) is 47.6 Å². The molecule has 1 aromatic rings. The zero-order valence-electron chi connectivity index (χ0n) is 18.3. The van der Waals surface area contributed by atoms with E-state index in [2.05, 4.69) is 24.1 Å². The summed E-state index contributed by atoms with van der Waals surface area (Å²) in [6.07, 6.45) is 0.593. The molecule has 3 aliphatic rings. The van der Waals surface area contributed by atoms with Crippen molar-refractivity contribution >= 4 is 5.91 Å². The molecule has 1 aromatic heterocycles. The fourth-order valence-electron chi connectivity index (χ4n) is 5.44. The van der Waals surface area contributed by atoms with Gasteiger partial charge in [0.2, 0.25) is 5.91 Å². The summed E-state index contributed by atoms with van der Waals surface area (Å²) in [5.74, 6) is 0.237. The number of nitrogens with zero attached hydrogens (tertiary/aromatic N) is 2. The minimum absolute atomic E-state index is 0.0728. The molecular formula is C23H32F3N3O2. The van der Waals surface area contributed by atoms with E-state index in [0.29, 0.717) is 30.7 Å². The van der Waals surface area contributed by atoms with Gasteiger partial charge < -0.3 is 15.0 Å². The molecule has 1 saturated carbocycles. The number of nitrogens with one attached hydrogen (secondary N) is 1. The molecule has 0 unspecified atom stereocenters. The smallest absolute Gasteiger partial charge is 0.381 e. The second-order valence-electron chi connectivity index (χ2n) is 9.58. The number of rotatable bonds is 4. The molecule has 1 N–H and O–H groups in total. The van der Waals surface area contributed by atoms with Gasteiger partial charge in [-0.2, -0.15) is 13.2 Å². The van der Waals surface area contributed by atoms with Crippen molar-refractivity contribution < 1.29 is 22.7 Å². The molecule has 0 bridgehead atoms. The third-order valence-corrected chi connectivity index (χ3v) is 7.41. The average Bonchev–Trinajstić information content (AvgIpc) is 3.17. The molecular weight excluding hydrogens is 407 g/mol. The minimum Gasteiger partial charge on any atom is -0.381 e. The Balaban J connectivity index is 1.48. The van der Waals surface area contributed by atoms with E-state index in [9.17, 15) is 18.0 Å². The molecule has 2 fully saturated rings. The van der Waals surface area contributed by atoms with E-state index in [1.165, 1.54) is 6.07 Å². The Bertz CT molecular complexity index is 808. The molecule has 3 heterocycles. The third kappa shape index (κ3) is 4.60. The van der Waals surface area contributed by atoms with Gasteiger partial charge in [0.05, 0.1) is 17.7 Å². The van der Waals surface area contributed by atoms with Gasteiger partial charge in [-0.3, -0.25) is 4.79 Å². The fraction of sp³-hybridized carbons (Fsp3) is 0.739. The van der Waals surface area contributed by atoms with E-state index in [1.54, 1.807) is 4.90 Å². The minimum atomic E-state index is -4.48. The SMILES string of the molecule is CC(C)[C@]1(C(=O)N2CCc3ccc(C(F)(F)F)nc3C2)CC[C@@H](NC2CCOCC2)C1. The molecule has 31 heavy (non-hydrogen) atoms. The van der Waals surface area contributed by atoms with Crippen molar-refractivity contribution in [2.45, 2.75) is 77.2 Å². The molecule has 4 rings (SSSR count). The fourth-order valence-corrected chi connectivity index (χ4v) is 5.44. The second kappa shape index (κ2) is 8.70.